The summed E-state index contributed by atoms with van der Waals surface area (Å²) >= 11 is 0. The Kier molecular flexibility index (Phi) is 2.86. The first-order valence-electron chi connectivity index (χ1n) is 6.25. The number of aromatic amines is 1. The van der Waals surface area contributed by atoms with Crippen molar-refractivity contribution >= 4 is 28.2 Å². The molecule has 102 valence electrons. The van der Waals surface area contributed by atoms with Crippen LogP contribution in [0.15, 0.2) is 30.6 Å². The van der Waals surface area contributed by atoms with Gasteiger partial charge in [0.1, 0.15) is 5.69 Å². The number of benzene rings is 1. The van der Waals surface area contributed by atoms with Gasteiger partial charge in [0.15, 0.2) is 0 Å². The van der Waals surface area contributed by atoms with Crippen molar-refractivity contribution in [3.8, 4) is 0 Å². The lowest BCUT2D eigenvalue weighted by Gasteiger charge is -2.08. The summed E-state index contributed by atoms with van der Waals surface area (Å²) in [6, 6.07) is 5.55. The molecule has 3 rings (SSSR count). The summed E-state index contributed by atoms with van der Waals surface area (Å²) in [5, 5.41) is 14.6. The molecule has 0 aliphatic heterocycles. The average molecular weight is 270 g/mol. The number of rotatable bonds is 3. The third kappa shape index (κ3) is 1.89. The van der Waals surface area contributed by atoms with Gasteiger partial charge in [0.25, 0.3) is 5.91 Å². The molecule has 0 unspecified atom stereocenters. The molecule has 0 atom stereocenters. The van der Waals surface area contributed by atoms with Gasteiger partial charge in [-0.25, -0.2) is 0 Å². The minimum absolute atomic E-state index is 0.282. The second kappa shape index (κ2) is 4.69. The van der Waals surface area contributed by atoms with Gasteiger partial charge in [-0.2, -0.15) is 10.2 Å². The quantitative estimate of drug-likeness (QED) is 0.673. The topological polar surface area (TPSA) is 102 Å². The highest BCUT2D eigenvalue weighted by Crippen LogP contribution is 2.22. The van der Waals surface area contributed by atoms with Gasteiger partial charge in [-0.1, -0.05) is 6.07 Å². The molecule has 0 fully saturated rings. The van der Waals surface area contributed by atoms with Gasteiger partial charge in [0, 0.05) is 11.9 Å². The number of nitrogens with zero attached hydrogens (tertiary/aromatic N) is 3. The number of nitrogens with two attached hydrogens (primary N) is 1. The van der Waals surface area contributed by atoms with E-state index in [1.54, 1.807) is 10.9 Å². The summed E-state index contributed by atoms with van der Waals surface area (Å²) in [7, 11) is 0. The molecular weight excluding hydrogens is 256 g/mol. The minimum atomic E-state index is -0.282. The molecule has 0 spiro atoms. The predicted molar refractivity (Wildman–Crippen MR) is 76.4 cm³/mol. The maximum atomic E-state index is 12.4. The molecule has 0 saturated heterocycles. The number of aryl methyl sites for hydroxylation is 1. The normalized spacial score (nSPS) is 10.8. The summed E-state index contributed by atoms with van der Waals surface area (Å²) in [5.74, 6) is -0.282. The van der Waals surface area contributed by atoms with Crippen LogP contribution in [0, 0.1) is 0 Å². The molecular formula is C13H14N6O. The molecule has 4 N–H and O–H groups in total. The fourth-order valence-electron chi connectivity index (χ4n) is 2.15. The van der Waals surface area contributed by atoms with Crippen molar-refractivity contribution in [2.75, 3.05) is 11.1 Å². The number of H-pyrrole nitrogens is 1. The number of carbonyl (C=O) groups excluding carboxylic acids is 1. The SMILES string of the molecule is CCn1ncc(N)c1C(=O)Nc1cccc2[nH]ncc12. The van der Waals surface area contributed by atoms with Crippen molar-refractivity contribution < 1.29 is 4.79 Å². The Balaban J connectivity index is 1.96. The zero-order valence-corrected chi connectivity index (χ0v) is 10.9. The van der Waals surface area contributed by atoms with E-state index in [4.69, 9.17) is 5.73 Å². The Bertz CT molecular complexity index is 772. The van der Waals surface area contributed by atoms with Crippen LogP contribution >= 0.6 is 0 Å². The number of fused-ring (bicyclic) bond motifs is 1. The predicted octanol–water partition coefficient (Wildman–Crippen LogP) is 1.61. The van der Waals surface area contributed by atoms with Gasteiger partial charge in [0.05, 0.1) is 29.3 Å². The number of aromatic nitrogens is 4. The Morgan fingerprint density at radius 2 is 2.30 bits per heavy atom. The second-order valence-electron chi connectivity index (χ2n) is 4.36. The molecule has 1 amide bonds. The van der Waals surface area contributed by atoms with Crippen molar-refractivity contribution in [2.45, 2.75) is 13.5 Å². The number of nitrogen functional groups attached to an aromatic ring is 1. The van der Waals surface area contributed by atoms with Crippen molar-refractivity contribution in [3.63, 3.8) is 0 Å². The number of hydrogen-bond acceptors (Lipinski definition) is 4. The van der Waals surface area contributed by atoms with E-state index >= 15 is 0 Å². The van der Waals surface area contributed by atoms with Gasteiger partial charge in [-0.15, -0.1) is 0 Å². The Morgan fingerprint density at radius 3 is 3.10 bits per heavy atom. The Hall–Kier alpha value is -2.83. The molecule has 2 aromatic heterocycles. The van der Waals surface area contributed by atoms with Crippen LogP contribution in [-0.2, 0) is 6.54 Å². The standard InChI is InChI=1S/C13H14N6O/c1-2-19-12(9(14)7-16-19)13(20)17-10-4-3-5-11-8(10)6-15-18-11/h3-7H,2,14H2,1H3,(H,15,18)(H,17,20). The Morgan fingerprint density at radius 1 is 1.45 bits per heavy atom. The lowest BCUT2D eigenvalue weighted by atomic mass is 10.2. The summed E-state index contributed by atoms with van der Waals surface area (Å²) in [6.07, 6.45) is 3.16. The molecule has 3 aromatic rings. The molecule has 0 saturated carbocycles. The van der Waals surface area contributed by atoms with Crippen molar-refractivity contribution in [3.05, 3.63) is 36.3 Å². The largest absolute Gasteiger partial charge is 0.396 e. The lowest BCUT2D eigenvalue weighted by molar-refractivity contribution is 0.101. The van der Waals surface area contributed by atoms with Crippen LogP contribution in [0.5, 0.6) is 0 Å². The second-order valence-corrected chi connectivity index (χ2v) is 4.36. The maximum Gasteiger partial charge on any atom is 0.276 e. The molecule has 0 aliphatic rings. The monoisotopic (exact) mass is 270 g/mol. The van der Waals surface area contributed by atoms with E-state index in [9.17, 15) is 4.79 Å². The highest BCUT2D eigenvalue weighted by Gasteiger charge is 2.17. The molecule has 0 radical (unpaired) electrons. The lowest BCUT2D eigenvalue weighted by Crippen LogP contribution is -2.18. The van der Waals surface area contributed by atoms with Crippen LogP contribution in [-0.4, -0.2) is 25.9 Å². The van der Waals surface area contributed by atoms with E-state index < -0.39 is 0 Å². The van der Waals surface area contributed by atoms with Gasteiger partial charge >= 0.3 is 0 Å². The number of nitrogens with one attached hydrogen (secondary N) is 2. The first-order valence-corrected chi connectivity index (χ1v) is 6.25. The number of anilines is 2. The fraction of sp³-hybridized carbons (Fsp3) is 0.154. The van der Waals surface area contributed by atoms with Crippen LogP contribution in [0.3, 0.4) is 0 Å². The van der Waals surface area contributed by atoms with Crippen molar-refractivity contribution in [2.24, 2.45) is 0 Å². The zero-order valence-electron chi connectivity index (χ0n) is 10.9. The van der Waals surface area contributed by atoms with Gasteiger partial charge in [-0.3, -0.25) is 14.6 Å². The van der Waals surface area contributed by atoms with Gasteiger partial charge in [0.2, 0.25) is 0 Å². The maximum absolute atomic E-state index is 12.4. The van der Waals surface area contributed by atoms with E-state index in [2.05, 4.69) is 20.6 Å². The Labute approximate surface area is 114 Å². The summed E-state index contributed by atoms with van der Waals surface area (Å²) < 4.78 is 1.57. The van der Waals surface area contributed by atoms with E-state index in [0.717, 1.165) is 10.9 Å². The third-order valence-corrected chi connectivity index (χ3v) is 3.12. The molecule has 7 heteroatoms. The van der Waals surface area contributed by atoms with E-state index in [0.29, 0.717) is 23.6 Å². The molecule has 0 bridgehead atoms. The molecule has 7 nitrogen and oxygen atoms in total. The van der Waals surface area contributed by atoms with Crippen LogP contribution in [0.4, 0.5) is 11.4 Å². The first kappa shape index (κ1) is 12.2. The van der Waals surface area contributed by atoms with E-state index in [1.807, 2.05) is 25.1 Å². The molecule has 1 aromatic carbocycles. The number of hydrogen-bond donors (Lipinski definition) is 3. The number of carbonyl (C=O) groups is 1. The average Bonchev–Trinajstić information content (AvgIpc) is 3.05. The van der Waals surface area contributed by atoms with Crippen LogP contribution in [0.2, 0.25) is 0 Å². The molecule has 2 heterocycles. The fourth-order valence-corrected chi connectivity index (χ4v) is 2.15. The van der Waals surface area contributed by atoms with Crippen LogP contribution < -0.4 is 11.1 Å². The molecule has 20 heavy (non-hydrogen) atoms. The van der Waals surface area contributed by atoms with Gasteiger partial charge in [-0.05, 0) is 19.1 Å². The third-order valence-electron chi connectivity index (χ3n) is 3.12. The minimum Gasteiger partial charge on any atom is -0.396 e. The zero-order chi connectivity index (χ0) is 14.1. The van der Waals surface area contributed by atoms with Gasteiger partial charge < -0.3 is 11.1 Å². The highest BCUT2D eigenvalue weighted by atomic mass is 16.2. The van der Waals surface area contributed by atoms with Crippen LogP contribution in [0.1, 0.15) is 17.4 Å². The first-order chi connectivity index (χ1) is 9.70. The summed E-state index contributed by atoms with van der Waals surface area (Å²) in [4.78, 5) is 12.4. The van der Waals surface area contributed by atoms with Crippen molar-refractivity contribution in [1.29, 1.82) is 0 Å². The summed E-state index contributed by atoms with van der Waals surface area (Å²) in [6.45, 7) is 2.48. The van der Waals surface area contributed by atoms with Crippen LogP contribution in [0.25, 0.3) is 10.9 Å². The van der Waals surface area contributed by atoms with Crippen molar-refractivity contribution in [1.82, 2.24) is 20.0 Å². The van der Waals surface area contributed by atoms with E-state index in [-0.39, 0.29) is 5.91 Å². The molecule has 0 aliphatic carbocycles. The number of amides is 1. The summed E-state index contributed by atoms with van der Waals surface area (Å²) in [5.41, 5.74) is 8.08. The van der Waals surface area contributed by atoms with E-state index in [1.165, 1.54) is 6.20 Å². The highest BCUT2D eigenvalue weighted by molar-refractivity contribution is 6.10. The smallest absolute Gasteiger partial charge is 0.276 e.